The average Bonchev–Trinajstić information content (AvgIpc) is 1.69. The minimum Gasteiger partial charge on any atom is -0.497 e. The van der Waals surface area contributed by atoms with Crippen molar-refractivity contribution in [3.05, 3.63) is 119 Å². The molecule has 5 heterocycles. The first-order chi connectivity index (χ1) is 48.0. The summed E-state index contributed by atoms with van der Waals surface area (Å²) in [6.07, 6.45) is -2.68. The van der Waals surface area contributed by atoms with Gasteiger partial charge < -0.3 is 63.5 Å². The second-order valence-electron chi connectivity index (χ2n) is 26.4. The van der Waals surface area contributed by atoms with Crippen molar-refractivity contribution in [3.8, 4) is 11.5 Å². The largest absolute Gasteiger partial charge is 0.534 e. The van der Waals surface area contributed by atoms with Gasteiger partial charge in [0.15, 0.2) is 12.6 Å². The SMILES string of the molecule is COc1ccc(S(=O)(=O)N(CC(C)C)C[C@@H](O)[C@H](Cc2ccc(C=O)cc2)NC(=O)OC(C)(C)C)cc1.COc1ccc(S(=O)(=O)N(CC(C)C)C[C@@H](O)[C@H](Cc2ccc(C=O)cc2)NC(=O)OC2CO[C@H]3OCC[C@@H]23)cc1.CS(=O)(=O)O.O=C(O[C@H]1CO[C@H]2OCC[C@H]21)ON1C(=O)CCC1=O. The van der Waals surface area contributed by atoms with E-state index in [4.69, 9.17) is 47.2 Å². The number of rotatable bonds is 27. The third kappa shape index (κ3) is 25.9. The number of fused-ring (bicyclic) bond motifs is 2. The van der Waals surface area contributed by atoms with Crippen molar-refractivity contribution in [2.75, 3.05) is 73.1 Å². The van der Waals surface area contributed by atoms with Gasteiger partial charge in [0.1, 0.15) is 41.9 Å². The van der Waals surface area contributed by atoms with E-state index in [1.165, 1.54) is 47.1 Å². The van der Waals surface area contributed by atoms with Gasteiger partial charge >= 0.3 is 18.3 Å². The van der Waals surface area contributed by atoms with E-state index >= 15 is 0 Å². The highest BCUT2D eigenvalue weighted by Gasteiger charge is 2.46. The van der Waals surface area contributed by atoms with Crippen molar-refractivity contribution in [2.24, 2.45) is 23.7 Å². The Morgan fingerprint density at radius 3 is 1.31 bits per heavy atom. The van der Waals surface area contributed by atoms with Crippen LogP contribution in [0.2, 0.25) is 0 Å². The summed E-state index contributed by atoms with van der Waals surface area (Å²) in [5.41, 5.74) is 1.71. The van der Waals surface area contributed by atoms with Gasteiger partial charge in [0.25, 0.3) is 21.9 Å². The Kier molecular flexibility index (Phi) is 31.1. The predicted molar refractivity (Wildman–Crippen MR) is 364 cm³/mol. The van der Waals surface area contributed by atoms with E-state index in [0.717, 1.165) is 30.1 Å². The molecule has 5 N–H and O–H groups in total. The number of hydrogen-bond donors (Lipinski definition) is 5. The number of aliphatic hydroxyl groups is 2. The van der Waals surface area contributed by atoms with Crippen LogP contribution in [0.5, 0.6) is 11.5 Å². The fourth-order valence-corrected chi connectivity index (χ4v) is 14.4. The van der Waals surface area contributed by atoms with Gasteiger partial charge in [-0.25, -0.2) is 31.2 Å². The molecule has 0 aromatic heterocycles. The number of hydroxylamine groups is 2. The second-order valence-corrected chi connectivity index (χ2v) is 31.7. The normalized spacial score (nSPS) is 20.6. The number of nitrogens with zero attached hydrogens (tertiary/aromatic N) is 3. The molecule has 0 saturated carbocycles. The minimum absolute atomic E-state index is 0.0162. The first-order valence-corrected chi connectivity index (χ1v) is 37.6. The fraction of sp³-hybridized carbons (Fsp3) is 0.544. The molecule has 4 amide bonds. The lowest BCUT2D eigenvalue weighted by Crippen LogP contribution is -2.51. The predicted octanol–water partition coefficient (Wildman–Crippen LogP) is 5.73. The van der Waals surface area contributed by atoms with Gasteiger partial charge in [0.05, 0.1) is 92.8 Å². The molecule has 5 fully saturated rings. The molecule has 5 saturated heterocycles. The summed E-state index contributed by atoms with van der Waals surface area (Å²) in [7, 11) is -8.61. The van der Waals surface area contributed by atoms with E-state index in [1.807, 2.05) is 27.7 Å². The molecule has 31 nitrogen and oxygen atoms in total. The van der Waals surface area contributed by atoms with E-state index in [2.05, 4.69) is 15.5 Å². The highest BCUT2D eigenvalue weighted by molar-refractivity contribution is 7.89. The summed E-state index contributed by atoms with van der Waals surface area (Å²) < 4.78 is 131. The van der Waals surface area contributed by atoms with Crippen LogP contribution in [0, 0.1) is 23.7 Å². The van der Waals surface area contributed by atoms with Crippen LogP contribution in [0.15, 0.2) is 107 Å². The zero-order valence-electron chi connectivity index (χ0n) is 58.5. The Labute approximate surface area is 594 Å². The van der Waals surface area contributed by atoms with Crippen molar-refractivity contribution in [1.29, 1.82) is 0 Å². The first-order valence-electron chi connectivity index (χ1n) is 32.8. The first kappa shape index (κ1) is 83.2. The van der Waals surface area contributed by atoms with Gasteiger partial charge in [-0.2, -0.15) is 17.0 Å². The molecule has 102 heavy (non-hydrogen) atoms. The summed E-state index contributed by atoms with van der Waals surface area (Å²) in [5, 5.41) is 28.6. The van der Waals surface area contributed by atoms with Crippen molar-refractivity contribution in [1.82, 2.24) is 24.3 Å². The molecule has 34 heteroatoms. The minimum atomic E-state index is -3.98. The Bertz CT molecular complexity index is 3740. The molecule has 4 aromatic carbocycles. The molecular formula is C68H93N5O26S3. The molecule has 0 spiro atoms. The van der Waals surface area contributed by atoms with Crippen LogP contribution in [0.25, 0.3) is 0 Å². The van der Waals surface area contributed by atoms with E-state index in [-0.39, 0.29) is 105 Å². The number of benzene rings is 4. The van der Waals surface area contributed by atoms with Gasteiger partial charge in [-0.15, -0.1) is 0 Å². The summed E-state index contributed by atoms with van der Waals surface area (Å²) >= 11 is 0. The van der Waals surface area contributed by atoms with Crippen LogP contribution in [-0.4, -0.2) is 224 Å². The third-order valence-corrected chi connectivity index (χ3v) is 19.7. The molecule has 4 aromatic rings. The Morgan fingerprint density at radius 2 is 0.961 bits per heavy atom. The molecule has 5 aliphatic rings. The number of aldehydes is 2. The van der Waals surface area contributed by atoms with Crippen LogP contribution < -0.4 is 20.1 Å². The zero-order chi connectivity index (χ0) is 75.3. The second kappa shape index (κ2) is 38.1. The Hall–Kier alpha value is -7.74. The van der Waals surface area contributed by atoms with Gasteiger partial charge in [0, 0.05) is 50.1 Å². The number of alkyl carbamates (subject to hydrolysis) is 2. The summed E-state index contributed by atoms with van der Waals surface area (Å²) in [6, 6.07) is 23.8. The van der Waals surface area contributed by atoms with E-state index in [1.54, 1.807) is 93.6 Å². The number of nitrogens with one attached hydrogen (secondary N) is 2. The quantitative estimate of drug-likeness (QED) is 0.0156. The van der Waals surface area contributed by atoms with Crippen molar-refractivity contribution >= 4 is 72.9 Å². The number of carbonyl (C=O) groups excluding carboxylic acids is 7. The van der Waals surface area contributed by atoms with E-state index in [0.29, 0.717) is 53.6 Å². The molecule has 0 radical (unpaired) electrons. The molecule has 9 rings (SSSR count). The van der Waals surface area contributed by atoms with Crippen LogP contribution in [-0.2, 0) is 90.6 Å². The Morgan fingerprint density at radius 1 is 0.588 bits per heavy atom. The van der Waals surface area contributed by atoms with Crippen LogP contribution in [0.3, 0.4) is 0 Å². The lowest BCUT2D eigenvalue weighted by atomic mass is 10.00. The molecule has 1 unspecified atom stereocenters. The summed E-state index contributed by atoms with van der Waals surface area (Å²) in [5.74, 6) is -0.158. The lowest BCUT2D eigenvalue weighted by Gasteiger charge is -2.31. The number of ether oxygens (including phenoxy) is 9. The van der Waals surface area contributed by atoms with Gasteiger partial charge in [0.2, 0.25) is 20.0 Å². The molecular weight excluding hydrogens is 1400 g/mol. The topological polar surface area (TPSA) is 409 Å². The molecule has 0 bridgehead atoms. The monoisotopic (exact) mass is 1490 g/mol. The van der Waals surface area contributed by atoms with Crippen LogP contribution in [0.4, 0.5) is 14.4 Å². The maximum absolute atomic E-state index is 13.6. The Balaban J connectivity index is 0.000000245. The van der Waals surface area contributed by atoms with E-state index < -0.39 is 109 Å². The van der Waals surface area contributed by atoms with Gasteiger partial charge in [-0.3, -0.25) is 28.6 Å². The highest BCUT2D eigenvalue weighted by Crippen LogP contribution is 2.35. The maximum Gasteiger partial charge on any atom is 0.534 e. The van der Waals surface area contributed by atoms with Crippen molar-refractivity contribution in [2.45, 2.75) is 151 Å². The van der Waals surface area contributed by atoms with Crippen molar-refractivity contribution < 1.29 is 121 Å². The maximum atomic E-state index is 13.6. The number of hydrogen-bond acceptors (Lipinski definition) is 25. The molecule has 5 aliphatic heterocycles. The van der Waals surface area contributed by atoms with Crippen LogP contribution >= 0.6 is 0 Å². The number of sulfonamides is 2. The average molecular weight is 1490 g/mol. The number of imide groups is 1. The molecule has 10 atom stereocenters. The molecule has 564 valence electrons. The lowest BCUT2D eigenvalue weighted by molar-refractivity contribution is -0.179. The van der Waals surface area contributed by atoms with E-state index in [9.17, 15) is 69.0 Å². The van der Waals surface area contributed by atoms with Crippen LogP contribution in [0.1, 0.15) is 106 Å². The number of amides is 4. The number of aliphatic hydroxyl groups excluding tert-OH is 2. The summed E-state index contributed by atoms with van der Waals surface area (Å²) in [6.45, 7) is 14.0. The summed E-state index contributed by atoms with van der Waals surface area (Å²) in [4.78, 5) is 86.5. The standard InChI is InChI=1S/C29H38N2O9S.C27H38N2O7S.C11H13NO7.CH4O3S/c1-19(2)15-31(41(35,36)23-10-8-22(37-3)9-11-23)16-26(33)25(14-20-4-6-21(17-32)7-5-20)30-29(34)40-27-18-39-28-24(27)12-13-38-28;1-19(2)16-29(37(33,34)23-13-11-22(35-6)12-14-23)17-25(31)24(28-26(32)36-27(3,4)5)15-20-7-9-21(18-30)10-8-20;13-8-1-2-9(14)12(8)19-11(15)18-7-5-17-10-6(7)3-4-16-10;1-5(2,3)4/h4-11,17,19,24-28,33H,12-16,18H2,1-3H3,(H,30,34);7-14,18-19,24-25,31H,15-17H2,1-6H3,(H,28,32);6-7,10H,1-5H2;1H3,(H,2,3,4)/t24-,25-,26+,27?,28+;24-,25+;6-,7-,10+;/m000./s1. The van der Waals surface area contributed by atoms with Crippen molar-refractivity contribution in [3.63, 3.8) is 0 Å². The number of methoxy groups -OCH3 is 2. The van der Waals surface area contributed by atoms with Gasteiger partial charge in [-0.1, -0.05) is 81.3 Å². The fourth-order valence-electron chi connectivity index (χ4n) is 11.1. The molecule has 0 aliphatic carbocycles. The smallest absolute Gasteiger partial charge is 0.497 e. The highest BCUT2D eigenvalue weighted by atomic mass is 32.2. The number of carbonyl (C=O) groups is 7. The zero-order valence-corrected chi connectivity index (χ0v) is 61.0. The van der Waals surface area contributed by atoms with Gasteiger partial charge in [-0.05, 0) is 118 Å². The third-order valence-electron chi connectivity index (χ3n) is 16.0.